The van der Waals surface area contributed by atoms with Gasteiger partial charge in [-0.05, 0) is 55.7 Å². The van der Waals surface area contributed by atoms with Gasteiger partial charge in [-0.3, -0.25) is 0 Å². The van der Waals surface area contributed by atoms with Gasteiger partial charge in [0.25, 0.3) is 0 Å². The Morgan fingerprint density at radius 2 is 0.771 bits per heavy atom. The maximum Gasteiger partial charge on any atom is 2.00 e. The second kappa shape index (κ2) is 16.7. The first-order valence-electron chi connectivity index (χ1n) is 9.11. The first kappa shape index (κ1) is 37.6. The van der Waals surface area contributed by atoms with Crippen molar-refractivity contribution in [2.45, 2.75) is 20.8 Å². The van der Waals surface area contributed by atoms with Crippen molar-refractivity contribution in [2.75, 3.05) is 0 Å². The minimum Gasteiger partial charge on any atom is -1.00 e. The Bertz CT molecular complexity index is 1010. The quantitative estimate of drug-likeness (QED) is 0.164. The monoisotopic (exact) mass is 543 g/mol. The second-order valence-corrected chi connectivity index (χ2v) is 9.00. The third kappa shape index (κ3) is 13.6. The molecule has 0 aliphatic carbocycles. The molecule has 0 bridgehead atoms. The van der Waals surface area contributed by atoms with Crippen molar-refractivity contribution < 1.29 is 40.2 Å². The van der Waals surface area contributed by atoms with Gasteiger partial charge in [-0.2, -0.15) is 4.57 Å². The summed E-state index contributed by atoms with van der Waals surface area (Å²) in [4.78, 5) is 21.6. The molecule has 3 aromatic rings. The Hall–Kier alpha value is -1.95. The van der Waals surface area contributed by atoms with Gasteiger partial charge in [0.2, 0.25) is 0 Å². The minimum atomic E-state index is -4.64. The molecule has 0 unspecified atom stereocenters. The van der Waals surface area contributed by atoms with E-state index in [1.165, 1.54) is 0 Å². The van der Waals surface area contributed by atoms with Gasteiger partial charge >= 0.3 is 38.7 Å². The van der Waals surface area contributed by atoms with Gasteiger partial charge in [-0.15, -0.1) is 0 Å². The summed E-state index contributed by atoms with van der Waals surface area (Å²) in [5.41, 5.74) is 2.53. The normalized spacial score (nSPS) is 9.89. The molecule has 0 radical (unpaired) electrons. The molecule has 0 saturated carbocycles. The molecule has 11 nitrogen and oxygen atoms in total. The van der Waals surface area contributed by atoms with Gasteiger partial charge in [0.05, 0.1) is 0 Å². The van der Waals surface area contributed by atoms with Crippen LogP contribution in [-0.4, -0.2) is 37.7 Å². The van der Waals surface area contributed by atoms with Crippen molar-refractivity contribution in [2.24, 2.45) is 0 Å². The van der Waals surface area contributed by atoms with Gasteiger partial charge in [0.1, 0.15) is 17.2 Å². The van der Waals surface area contributed by atoms with E-state index in [2.05, 4.69) is 0 Å². The van der Waals surface area contributed by atoms with Crippen LogP contribution in [0.1, 0.15) is 19.5 Å². The molecule has 0 aromatic heterocycles. The summed E-state index contributed by atoms with van der Waals surface area (Å²) in [7, 11) is -8.60. The van der Waals surface area contributed by atoms with Gasteiger partial charge < -0.3 is 49.6 Å². The van der Waals surface area contributed by atoms with Crippen LogP contribution in [0.3, 0.4) is 0 Å². The average molecular weight is 544 g/mol. The number of phosphoric acid groups is 2. The molecule has 0 aliphatic rings. The SMILES string of the molecule is Cc1ccccc1OP(=O)(Oc1ccccc1C)Oc1ccccc1C.N.N.N.O=P(O)(O)O.[H-].[H-].[Mg+2]. The van der Waals surface area contributed by atoms with Crippen LogP contribution in [0.25, 0.3) is 0 Å². The van der Waals surface area contributed by atoms with Crippen LogP contribution in [-0.2, 0) is 9.13 Å². The Balaban J connectivity index is -0.000000285. The van der Waals surface area contributed by atoms with Crippen LogP contribution in [0.15, 0.2) is 72.8 Å². The van der Waals surface area contributed by atoms with Crippen molar-refractivity contribution in [1.29, 1.82) is 0 Å². The van der Waals surface area contributed by atoms with Crippen LogP contribution in [0.2, 0.25) is 0 Å². The molecule has 0 fully saturated rings. The van der Waals surface area contributed by atoms with E-state index in [1.807, 2.05) is 75.4 Å². The second-order valence-electron chi connectivity index (χ2n) is 6.53. The smallest absolute Gasteiger partial charge is 1.00 e. The van der Waals surface area contributed by atoms with Crippen molar-refractivity contribution in [3.8, 4) is 17.2 Å². The Labute approximate surface area is 224 Å². The minimum absolute atomic E-state index is 0. The molecule has 0 spiro atoms. The molecule has 194 valence electrons. The molecule has 0 atom stereocenters. The van der Waals surface area contributed by atoms with E-state index in [-0.39, 0.29) is 44.4 Å². The first-order valence-corrected chi connectivity index (χ1v) is 12.1. The number of phosphoric ester groups is 1. The number of hydrogen-bond acceptors (Lipinski definition) is 8. The summed E-state index contributed by atoms with van der Waals surface area (Å²) >= 11 is 0. The maximum atomic E-state index is 13.5. The molecular weight excluding hydrogens is 508 g/mol. The molecule has 3 rings (SSSR count). The summed E-state index contributed by atoms with van der Waals surface area (Å²) in [6.45, 7) is 5.63. The van der Waals surface area contributed by atoms with Gasteiger partial charge in [0, 0.05) is 0 Å². The third-order valence-electron chi connectivity index (χ3n) is 3.91. The number of para-hydroxylation sites is 3. The summed E-state index contributed by atoms with van der Waals surface area (Å²) < 4.78 is 39.7. The zero-order valence-corrected chi connectivity index (χ0v) is 23.2. The fraction of sp³-hybridized carbons (Fsp3) is 0.143. The summed E-state index contributed by atoms with van der Waals surface area (Å²) in [6, 6.07) is 22.0. The molecule has 0 saturated heterocycles. The number of aryl methyl sites for hydroxylation is 3. The predicted molar refractivity (Wildman–Crippen MR) is 140 cm³/mol. The predicted octanol–water partition coefficient (Wildman–Crippen LogP) is 5.66. The molecule has 0 amide bonds. The van der Waals surface area contributed by atoms with E-state index < -0.39 is 15.6 Å². The summed E-state index contributed by atoms with van der Waals surface area (Å²) in [5, 5.41) is 0. The largest absolute Gasteiger partial charge is 2.00 e. The van der Waals surface area contributed by atoms with Crippen LogP contribution in [0, 0.1) is 20.8 Å². The number of benzene rings is 3. The van der Waals surface area contributed by atoms with Crippen molar-refractivity contribution in [3.63, 3.8) is 0 Å². The molecule has 3 aromatic carbocycles. The fourth-order valence-electron chi connectivity index (χ4n) is 2.39. The van der Waals surface area contributed by atoms with Crippen molar-refractivity contribution in [3.05, 3.63) is 89.5 Å². The number of rotatable bonds is 6. The zero-order chi connectivity index (χ0) is 23.1. The standard InChI is InChI=1S/C21H21O4P.Mg.3H3N.H3O4P.2H/c1-16-10-4-7-13-19(16)23-26(22,24-20-14-8-5-11-17(20)2)25-21-15-9-6-12-18(21)3;;;;;1-5(2,3)4;;/h4-15H,1-3H3;;3*1H3;(H3,1,2,3,4);;/q;+2;;;;;2*-1. The fourth-order valence-corrected chi connectivity index (χ4v) is 3.84. The molecule has 35 heavy (non-hydrogen) atoms. The number of hydrogen-bond donors (Lipinski definition) is 6. The summed E-state index contributed by atoms with van der Waals surface area (Å²) in [5.74, 6) is 1.37. The van der Waals surface area contributed by atoms with Crippen LogP contribution in [0.4, 0.5) is 0 Å². The summed E-state index contributed by atoms with van der Waals surface area (Å²) in [6.07, 6.45) is 0. The Morgan fingerprint density at radius 3 is 0.971 bits per heavy atom. The van der Waals surface area contributed by atoms with Crippen LogP contribution in [0.5, 0.6) is 17.2 Å². The van der Waals surface area contributed by atoms with Crippen molar-refractivity contribution >= 4 is 38.7 Å². The van der Waals surface area contributed by atoms with Crippen LogP contribution >= 0.6 is 15.6 Å². The maximum absolute atomic E-state index is 13.5. The molecule has 12 N–H and O–H groups in total. The van der Waals surface area contributed by atoms with Gasteiger partial charge in [-0.1, -0.05) is 54.6 Å². The van der Waals surface area contributed by atoms with E-state index in [0.29, 0.717) is 17.2 Å². The molecular formula is C21H35MgN3O8P2. The van der Waals surface area contributed by atoms with E-state index >= 15 is 0 Å². The topological polar surface area (TPSA) is 228 Å². The average Bonchev–Trinajstić information content (AvgIpc) is 2.66. The van der Waals surface area contributed by atoms with Crippen molar-refractivity contribution in [1.82, 2.24) is 18.5 Å². The zero-order valence-electron chi connectivity index (χ0n) is 22.0. The molecule has 0 heterocycles. The Morgan fingerprint density at radius 1 is 0.571 bits per heavy atom. The van der Waals surface area contributed by atoms with E-state index in [9.17, 15) is 4.57 Å². The van der Waals surface area contributed by atoms with Gasteiger partial charge in [-0.25, -0.2) is 4.57 Å². The molecule has 0 aliphatic heterocycles. The third-order valence-corrected chi connectivity index (χ3v) is 5.17. The van der Waals surface area contributed by atoms with Gasteiger partial charge in [0.15, 0.2) is 0 Å². The Kier molecular flexibility index (Phi) is 17.9. The van der Waals surface area contributed by atoms with E-state index in [0.717, 1.165) is 16.7 Å². The first-order chi connectivity index (χ1) is 14.5. The van der Waals surface area contributed by atoms with E-state index in [1.54, 1.807) is 18.2 Å². The molecule has 14 heteroatoms. The van der Waals surface area contributed by atoms with Crippen LogP contribution < -0.4 is 32.0 Å². The van der Waals surface area contributed by atoms with E-state index in [4.69, 9.17) is 32.8 Å².